The van der Waals surface area contributed by atoms with E-state index in [0.29, 0.717) is 18.3 Å². The molecule has 2 rings (SSSR count). The fourth-order valence-electron chi connectivity index (χ4n) is 2.77. The lowest BCUT2D eigenvalue weighted by Gasteiger charge is -2.16. The van der Waals surface area contributed by atoms with Crippen LogP contribution < -0.4 is 16.4 Å². The topological polar surface area (TPSA) is 67.2 Å². The van der Waals surface area contributed by atoms with Crippen molar-refractivity contribution in [2.45, 2.75) is 44.6 Å². The summed E-state index contributed by atoms with van der Waals surface area (Å²) in [6.45, 7) is 1.46. The van der Waals surface area contributed by atoms with E-state index in [-0.39, 0.29) is 5.56 Å². The smallest absolute Gasteiger partial charge is 0.248 e. The van der Waals surface area contributed by atoms with E-state index in [0.717, 1.165) is 6.54 Å². The number of rotatable bonds is 6. The van der Waals surface area contributed by atoms with Crippen molar-refractivity contribution in [3.8, 4) is 0 Å². The van der Waals surface area contributed by atoms with Crippen molar-refractivity contribution in [2.75, 3.05) is 18.4 Å². The Morgan fingerprint density at radius 2 is 1.90 bits per heavy atom. The van der Waals surface area contributed by atoms with Gasteiger partial charge in [-0.2, -0.15) is 0 Å². The molecule has 0 bridgehead atoms. The molecule has 0 heterocycles. The molecule has 1 amide bonds. The van der Waals surface area contributed by atoms with Gasteiger partial charge in [-0.05, 0) is 31.0 Å². The molecular formula is C16H24FN3O. The Hall–Kier alpha value is -1.62. The Balaban J connectivity index is 1.74. The summed E-state index contributed by atoms with van der Waals surface area (Å²) in [7, 11) is 0. The monoisotopic (exact) mass is 293 g/mol. The molecular weight excluding hydrogens is 269 g/mol. The highest BCUT2D eigenvalue weighted by atomic mass is 19.1. The average molecular weight is 293 g/mol. The molecule has 116 valence electrons. The third kappa shape index (κ3) is 5.01. The number of carbonyl (C=O) groups is 1. The lowest BCUT2D eigenvalue weighted by atomic mass is 10.1. The van der Waals surface area contributed by atoms with E-state index in [1.807, 2.05) is 0 Å². The van der Waals surface area contributed by atoms with Gasteiger partial charge in [0, 0.05) is 24.7 Å². The summed E-state index contributed by atoms with van der Waals surface area (Å²) in [5.41, 5.74) is 5.71. The van der Waals surface area contributed by atoms with Crippen molar-refractivity contribution in [3.05, 3.63) is 29.6 Å². The number of hydrogen-bond acceptors (Lipinski definition) is 3. The Bertz CT molecular complexity index is 471. The molecule has 0 atom stereocenters. The maximum atomic E-state index is 13.8. The molecule has 0 radical (unpaired) electrons. The van der Waals surface area contributed by atoms with Gasteiger partial charge >= 0.3 is 0 Å². The van der Waals surface area contributed by atoms with Gasteiger partial charge in [0.05, 0.1) is 5.69 Å². The van der Waals surface area contributed by atoms with Crippen LogP contribution in [0.25, 0.3) is 0 Å². The standard InChI is InChI=1S/C16H24FN3O/c17-14-11-12(16(18)21)7-8-15(14)20-10-9-19-13-5-3-1-2-4-6-13/h7-8,11,13,19-20H,1-6,9-10H2,(H2,18,21). The number of amides is 1. The minimum absolute atomic E-state index is 0.189. The SMILES string of the molecule is NC(=O)c1ccc(NCCNC2CCCCCC2)c(F)c1. The Labute approximate surface area is 125 Å². The van der Waals surface area contributed by atoms with Gasteiger partial charge in [-0.3, -0.25) is 4.79 Å². The van der Waals surface area contributed by atoms with Gasteiger partial charge in [0.1, 0.15) is 5.82 Å². The number of nitrogens with one attached hydrogen (secondary N) is 2. The molecule has 1 fully saturated rings. The molecule has 1 saturated carbocycles. The molecule has 0 saturated heterocycles. The minimum Gasteiger partial charge on any atom is -0.381 e. The van der Waals surface area contributed by atoms with Gasteiger partial charge in [0.2, 0.25) is 5.91 Å². The van der Waals surface area contributed by atoms with Gasteiger partial charge in [-0.1, -0.05) is 25.7 Å². The fourth-order valence-corrected chi connectivity index (χ4v) is 2.77. The lowest BCUT2D eigenvalue weighted by Crippen LogP contribution is -2.32. The largest absolute Gasteiger partial charge is 0.381 e. The van der Waals surface area contributed by atoms with Gasteiger partial charge in [0.25, 0.3) is 0 Å². The summed E-state index contributed by atoms with van der Waals surface area (Å²) in [4.78, 5) is 11.0. The second-order valence-electron chi connectivity index (χ2n) is 5.63. The maximum absolute atomic E-state index is 13.8. The molecule has 0 unspecified atom stereocenters. The molecule has 4 N–H and O–H groups in total. The van der Waals surface area contributed by atoms with E-state index in [1.54, 1.807) is 6.07 Å². The number of primary amides is 1. The summed E-state index contributed by atoms with van der Waals surface area (Å²) < 4.78 is 13.8. The number of halogens is 1. The molecule has 1 aromatic carbocycles. The van der Waals surface area contributed by atoms with E-state index in [4.69, 9.17) is 5.73 Å². The third-order valence-electron chi connectivity index (χ3n) is 3.98. The number of benzene rings is 1. The van der Waals surface area contributed by atoms with E-state index >= 15 is 0 Å². The first-order valence-electron chi connectivity index (χ1n) is 7.73. The summed E-state index contributed by atoms with van der Waals surface area (Å²) >= 11 is 0. The second-order valence-corrected chi connectivity index (χ2v) is 5.63. The molecule has 0 aliphatic heterocycles. The van der Waals surface area contributed by atoms with Crippen molar-refractivity contribution < 1.29 is 9.18 Å². The highest BCUT2D eigenvalue weighted by Crippen LogP contribution is 2.17. The van der Waals surface area contributed by atoms with Crippen molar-refractivity contribution >= 4 is 11.6 Å². The fraction of sp³-hybridized carbons (Fsp3) is 0.562. The van der Waals surface area contributed by atoms with Crippen LogP contribution in [0.3, 0.4) is 0 Å². The van der Waals surface area contributed by atoms with Crippen molar-refractivity contribution in [1.29, 1.82) is 0 Å². The van der Waals surface area contributed by atoms with Gasteiger partial charge < -0.3 is 16.4 Å². The van der Waals surface area contributed by atoms with Crippen LogP contribution in [-0.4, -0.2) is 25.0 Å². The van der Waals surface area contributed by atoms with Crippen molar-refractivity contribution in [2.24, 2.45) is 5.73 Å². The number of carbonyl (C=O) groups excluding carboxylic acids is 1. The molecule has 0 spiro atoms. The predicted octanol–water partition coefficient (Wildman–Crippen LogP) is 2.65. The minimum atomic E-state index is -0.615. The lowest BCUT2D eigenvalue weighted by molar-refractivity contribution is 0.1000. The van der Waals surface area contributed by atoms with Crippen LogP contribution in [0.1, 0.15) is 48.9 Å². The first kappa shape index (κ1) is 15.8. The molecule has 1 aliphatic carbocycles. The predicted molar refractivity (Wildman–Crippen MR) is 82.9 cm³/mol. The van der Waals surface area contributed by atoms with Gasteiger partial charge in [-0.25, -0.2) is 4.39 Å². The van der Waals surface area contributed by atoms with Crippen LogP contribution in [0.2, 0.25) is 0 Å². The highest BCUT2D eigenvalue weighted by Gasteiger charge is 2.11. The average Bonchev–Trinajstić information content (AvgIpc) is 2.73. The normalized spacial score (nSPS) is 16.4. The number of hydrogen-bond donors (Lipinski definition) is 3. The van der Waals surface area contributed by atoms with E-state index in [1.165, 1.54) is 50.7 Å². The Morgan fingerprint density at radius 1 is 1.19 bits per heavy atom. The van der Waals surface area contributed by atoms with E-state index in [2.05, 4.69) is 10.6 Å². The third-order valence-corrected chi connectivity index (χ3v) is 3.98. The summed E-state index contributed by atoms with van der Waals surface area (Å²) in [6.07, 6.45) is 7.76. The second kappa shape index (κ2) is 7.98. The molecule has 0 aromatic heterocycles. The van der Waals surface area contributed by atoms with E-state index < -0.39 is 11.7 Å². The van der Waals surface area contributed by atoms with Gasteiger partial charge in [0.15, 0.2) is 0 Å². The zero-order valence-corrected chi connectivity index (χ0v) is 12.3. The Morgan fingerprint density at radius 3 is 2.52 bits per heavy atom. The zero-order chi connectivity index (χ0) is 15.1. The quantitative estimate of drug-likeness (QED) is 0.558. The Kier molecular flexibility index (Phi) is 5.99. The van der Waals surface area contributed by atoms with Crippen LogP contribution in [-0.2, 0) is 0 Å². The molecule has 21 heavy (non-hydrogen) atoms. The molecule has 1 aliphatic rings. The molecule has 1 aromatic rings. The first-order chi connectivity index (χ1) is 10.2. The summed E-state index contributed by atoms with van der Waals surface area (Å²) in [5.74, 6) is -1.06. The van der Waals surface area contributed by atoms with Gasteiger partial charge in [-0.15, -0.1) is 0 Å². The number of nitrogens with two attached hydrogens (primary N) is 1. The summed E-state index contributed by atoms with van der Waals surface area (Å²) in [6, 6.07) is 4.85. The molecule has 5 heteroatoms. The molecule has 4 nitrogen and oxygen atoms in total. The van der Waals surface area contributed by atoms with E-state index in [9.17, 15) is 9.18 Å². The first-order valence-corrected chi connectivity index (χ1v) is 7.73. The van der Waals surface area contributed by atoms with Crippen LogP contribution in [0.4, 0.5) is 10.1 Å². The van der Waals surface area contributed by atoms with Crippen LogP contribution >= 0.6 is 0 Å². The van der Waals surface area contributed by atoms with Crippen LogP contribution in [0.5, 0.6) is 0 Å². The summed E-state index contributed by atoms with van der Waals surface area (Å²) in [5, 5.41) is 6.57. The van der Waals surface area contributed by atoms with Crippen LogP contribution in [0, 0.1) is 5.82 Å². The zero-order valence-electron chi connectivity index (χ0n) is 12.3. The van der Waals surface area contributed by atoms with Crippen molar-refractivity contribution in [3.63, 3.8) is 0 Å². The van der Waals surface area contributed by atoms with Crippen LogP contribution in [0.15, 0.2) is 18.2 Å². The maximum Gasteiger partial charge on any atom is 0.248 e. The number of anilines is 1. The van der Waals surface area contributed by atoms with Crippen molar-refractivity contribution in [1.82, 2.24) is 5.32 Å². The highest BCUT2D eigenvalue weighted by molar-refractivity contribution is 5.93.